The molecule has 0 aliphatic carbocycles. The monoisotopic (exact) mass is 261 g/mol. The third-order valence-electron chi connectivity index (χ3n) is 2.65. The van der Waals surface area contributed by atoms with Gasteiger partial charge in [-0.1, -0.05) is 6.07 Å². The van der Waals surface area contributed by atoms with Crippen molar-refractivity contribution in [3.63, 3.8) is 0 Å². The Morgan fingerprint density at radius 2 is 2.26 bits per heavy atom. The maximum Gasteiger partial charge on any atom is 0.252 e. The Morgan fingerprint density at radius 3 is 2.95 bits per heavy atom. The Morgan fingerprint density at radius 1 is 1.47 bits per heavy atom. The summed E-state index contributed by atoms with van der Waals surface area (Å²) >= 11 is 0. The van der Waals surface area contributed by atoms with E-state index >= 15 is 0 Å². The minimum atomic E-state index is -0.584. The average Bonchev–Trinajstić information content (AvgIpc) is 2.84. The lowest BCUT2D eigenvalue weighted by Crippen LogP contribution is -2.15. The molecule has 1 heterocycles. The summed E-state index contributed by atoms with van der Waals surface area (Å²) in [5.41, 5.74) is 11.7. The summed E-state index contributed by atoms with van der Waals surface area (Å²) in [7, 11) is 0. The SMILES string of the molecule is CCn1ncnc1COc1c(N)cccc1C(N)=O. The van der Waals surface area contributed by atoms with Gasteiger partial charge in [-0.25, -0.2) is 9.67 Å². The molecule has 0 saturated heterocycles. The maximum atomic E-state index is 11.3. The molecule has 1 aromatic carbocycles. The number of hydrogen-bond acceptors (Lipinski definition) is 5. The van der Waals surface area contributed by atoms with E-state index in [2.05, 4.69) is 10.1 Å². The standard InChI is InChI=1S/C12H15N5O2/c1-2-17-10(15-7-16-17)6-19-11-8(12(14)18)4-3-5-9(11)13/h3-5,7H,2,6,13H2,1H3,(H2,14,18). The molecule has 0 bridgehead atoms. The Bertz CT molecular complexity index is 594. The van der Waals surface area contributed by atoms with Crippen LogP contribution in [-0.4, -0.2) is 20.7 Å². The maximum absolute atomic E-state index is 11.3. The molecular formula is C12H15N5O2. The number of nitrogens with two attached hydrogens (primary N) is 2. The fourth-order valence-electron chi connectivity index (χ4n) is 1.71. The molecule has 0 unspecified atom stereocenters. The number of ether oxygens (including phenoxy) is 1. The van der Waals surface area contributed by atoms with Gasteiger partial charge in [0.1, 0.15) is 12.9 Å². The number of carbonyl (C=O) groups excluding carboxylic acids is 1. The molecule has 0 aliphatic heterocycles. The van der Waals surface area contributed by atoms with Crippen molar-refractivity contribution in [3.05, 3.63) is 35.9 Å². The normalized spacial score (nSPS) is 10.4. The van der Waals surface area contributed by atoms with Gasteiger partial charge in [-0.2, -0.15) is 5.10 Å². The van der Waals surface area contributed by atoms with E-state index in [1.54, 1.807) is 22.9 Å². The quantitative estimate of drug-likeness (QED) is 0.764. The number of carbonyl (C=O) groups is 1. The summed E-state index contributed by atoms with van der Waals surface area (Å²) in [6.45, 7) is 2.80. The molecule has 0 spiro atoms. The van der Waals surface area contributed by atoms with Gasteiger partial charge in [0.25, 0.3) is 5.91 Å². The van der Waals surface area contributed by atoms with E-state index in [4.69, 9.17) is 16.2 Å². The van der Waals surface area contributed by atoms with Crippen LogP contribution in [0.3, 0.4) is 0 Å². The molecule has 1 aromatic heterocycles. The first-order chi connectivity index (χ1) is 9.13. The lowest BCUT2D eigenvalue weighted by molar-refractivity contribution is 0.0996. The highest BCUT2D eigenvalue weighted by Gasteiger charge is 2.13. The van der Waals surface area contributed by atoms with E-state index in [1.165, 1.54) is 6.33 Å². The van der Waals surface area contributed by atoms with E-state index in [1.807, 2.05) is 6.92 Å². The Kier molecular flexibility index (Phi) is 3.65. The summed E-state index contributed by atoms with van der Waals surface area (Å²) in [5, 5.41) is 4.03. The number of hydrogen-bond donors (Lipinski definition) is 2. The van der Waals surface area contributed by atoms with Crippen LogP contribution in [0.5, 0.6) is 5.75 Å². The molecule has 0 radical (unpaired) electrons. The number of aromatic nitrogens is 3. The van der Waals surface area contributed by atoms with Crippen LogP contribution < -0.4 is 16.2 Å². The first-order valence-corrected chi connectivity index (χ1v) is 5.81. The predicted molar refractivity (Wildman–Crippen MR) is 69.4 cm³/mol. The van der Waals surface area contributed by atoms with Crippen LogP contribution in [0.2, 0.25) is 0 Å². The highest BCUT2D eigenvalue weighted by atomic mass is 16.5. The number of amides is 1. The first kappa shape index (κ1) is 12.9. The predicted octanol–water partition coefficient (Wildman–Crippen LogP) is 0.558. The largest absolute Gasteiger partial charge is 0.483 e. The minimum Gasteiger partial charge on any atom is -0.483 e. The fourth-order valence-corrected chi connectivity index (χ4v) is 1.71. The second kappa shape index (κ2) is 5.38. The lowest BCUT2D eigenvalue weighted by atomic mass is 10.1. The van der Waals surface area contributed by atoms with Crippen LogP contribution in [0.4, 0.5) is 5.69 Å². The number of aryl methyl sites for hydroxylation is 1. The molecule has 0 fully saturated rings. The summed E-state index contributed by atoms with van der Waals surface area (Å²) in [4.78, 5) is 15.4. The first-order valence-electron chi connectivity index (χ1n) is 5.81. The number of primary amides is 1. The van der Waals surface area contributed by atoms with Gasteiger partial charge in [0, 0.05) is 6.54 Å². The van der Waals surface area contributed by atoms with Crippen LogP contribution in [0, 0.1) is 0 Å². The van der Waals surface area contributed by atoms with E-state index < -0.39 is 5.91 Å². The lowest BCUT2D eigenvalue weighted by Gasteiger charge is -2.11. The number of para-hydroxylation sites is 1. The molecule has 0 saturated carbocycles. The van der Waals surface area contributed by atoms with Gasteiger partial charge in [0.15, 0.2) is 11.6 Å². The van der Waals surface area contributed by atoms with Crippen LogP contribution in [-0.2, 0) is 13.2 Å². The van der Waals surface area contributed by atoms with E-state index in [9.17, 15) is 4.79 Å². The molecule has 19 heavy (non-hydrogen) atoms. The molecular weight excluding hydrogens is 246 g/mol. The topological polar surface area (TPSA) is 109 Å². The third kappa shape index (κ3) is 2.65. The number of anilines is 1. The molecule has 100 valence electrons. The van der Waals surface area contributed by atoms with E-state index in [0.29, 0.717) is 18.1 Å². The number of nitrogen functional groups attached to an aromatic ring is 1. The van der Waals surface area contributed by atoms with E-state index in [-0.39, 0.29) is 17.9 Å². The molecule has 2 rings (SSSR count). The van der Waals surface area contributed by atoms with Crippen molar-refractivity contribution in [3.8, 4) is 5.75 Å². The molecule has 0 aliphatic rings. The van der Waals surface area contributed by atoms with Crippen LogP contribution in [0.25, 0.3) is 0 Å². The summed E-state index contributed by atoms with van der Waals surface area (Å²) in [5.74, 6) is 0.348. The molecule has 7 nitrogen and oxygen atoms in total. The average molecular weight is 261 g/mol. The number of benzene rings is 1. The second-order valence-corrected chi connectivity index (χ2v) is 3.87. The van der Waals surface area contributed by atoms with Crippen molar-refractivity contribution in [2.45, 2.75) is 20.1 Å². The smallest absolute Gasteiger partial charge is 0.252 e. The van der Waals surface area contributed by atoms with Crippen molar-refractivity contribution in [1.29, 1.82) is 0 Å². The van der Waals surface area contributed by atoms with Gasteiger partial charge in [0.05, 0.1) is 11.3 Å². The molecule has 1 amide bonds. The zero-order valence-corrected chi connectivity index (χ0v) is 10.5. The third-order valence-corrected chi connectivity index (χ3v) is 2.65. The van der Waals surface area contributed by atoms with Crippen molar-refractivity contribution in [2.24, 2.45) is 5.73 Å². The minimum absolute atomic E-state index is 0.169. The zero-order valence-electron chi connectivity index (χ0n) is 10.5. The van der Waals surface area contributed by atoms with E-state index in [0.717, 1.165) is 0 Å². The highest BCUT2D eigenvalue weighted by Crippen LogP contribution is 2.26. The van der Waals surface area contributed by atoms with Crippen LogP contribution >= 0.6 is 0 Å². The van der Waals surface area contributed by atoms with Gasteiger partial charge < -0.3 is 16.2 Å². The Hall–Kier alpha value is -2.57. The highest BCUT2D eigenvalue weighted by molar-refractivity contribution is 5.97. The van der Waals surface area contributed by atoms with Gasteiger partial charge in [-0.15, -0.1) is 0 Å². The van der Waals surface area contributed by atoms with Gasteiger partial charge >= 0.3 is 0 Å². The summed E-state index contributed by atoms with van der Waals surface area (Å²) in [6.07, 6.45) is 1.45. The van der Waals surface area contributed by atoms with Gasteiger partial charge in [-0.05, 0) is 19.1 Å². The zero-order chi connectivity index (χ0) is 13.8. The van der Waals surface area contributed by atoms with Crippen LogP contribution in [0.15, 0.2) is 24.5 Å². The van der Waals surface area contributed by atoms with Gasteiger partial charge in [0.2, 0.25) is 0 Å². The fraction of sp³-hybridized carbons (Fsp3) is 0.250. The van der Waals surface area contributed by atoms with Gasteiger partial charge in [-0.3, -0.25) is 4.79 Å². The van der Waals surface area contributed by atoms with Crippen molar-refractivity contribution >= 4 is 11.6 Å². The summed E-state index contributed by atoms with van der Waals surface area (Å²) in [6, 6.07) is 4.86. The van der Waals surface area contributed by atoms with Crippen LogP contribution in [0.1, 0.15) is 23.1 Å². The van der Waals surface area contributed by atoms with Crippen molar-refractivity contribution < 1.29 is 9.53 Å². The molecule has 0 atom stereocenters. The molecule has 7 heteroatoms. The molecule has 4 N–H and O–H groups in total. The number of rotatable bonds is 5. The van der Waals surface area contributed by atoms with Crippen molar-refractivity contribution in [2.75, 3.05) is 5.73 Å². The Balaban J connectivity index is 2.22. The second-order valence-electron chi connectivity index (χ2n) is 3.87. The van der Waals surface area contributed by atoms with Crippen molar-refractivity contribution in [1.82, 2.24) is 14.8 Å². The molecule has 2 aromatic rings. The number of nitrogens with zero attached hydrogens (tertiary/aromatic N) is 3. The summed E-state index contributed by atoms with van der Waals surface area (Å²) < 4.78 is 7.26. The Labute approximate surface area is 110 Å².